The molecule has 6 heteroatoms. The molecule has 1 aromatic carbocycles. The van der Waals surface area contributed by atoms with Gasteiger partial charge in [0.25, 0.3) is 0 Å². The fourth-order valence-electron chi connectivity index (χ4n) is 1.93. The number of anilines is 2. The van der Waals surface area contributed by atoms with Crippen molar-refractivity contribution in [3.8, 4) is 0 Å². The fourth-order valence-corrected chi connectivity index (χ4v) is 2.37. The van der Waals surface area contributed by atoms with Crippen LogP contribution in [0, 0.1) is 12.7 Å². The molecule has 0 atom stereocenters. The lowest BCUT2D eigenvalue weighted by Crippen LogP contribution is -2.06. The third-order valence-corrected chi connectivity index (χ3v) is 3.50. The Morgan fingerprint density at radius 2 is 2.25 bits per heavy atom. The number of hydrogen-bond donors (Lipinski definition) is 1. The summed E-state index contributed by atoms with van der Waals surface area (Å²) in [5.74, 6) is 0.313. The van der Waals surface area contributed by atoms with Gasteiger partial charge >= 0.3 is 0 Å². The second-order valence-electron chi connectivity index (χ2n) is 4.47. The number of benzene rings is 1. The molecule has 0 aliphatic heterocycles. The summed E-state index contributed by atoms with van der Waals surface area (Å²) in [6.07, 6.45) is 2.81. The molecule has 0 amide bonds. The van der Waals surface area contributed by atoms with E-state index in [9.17, 15) is 4.39 Å². The SMILES string of the molecule is COCCCn1cc(C)nc1Nc1c(F)cccc1Br. The maximum atomic E-state index is 13.8. The van der Waals surface area contributed by atoms with E-state index in [1.54, 1.807) is 19.2 Å². The van der Waals surface area contributed by atoms with E-state index in [0.29, 0.717) is 22.7 Å². The second kappa shape index (κ2) is 6.85. The molecule has 20 heavy (non-hydrogen) atoms. The lowest BCUT2D eigenvalue weighted by molar-refractivity contribution is 0.190. The Morgan fingerprint density at radius 1 is 1.45 bits per heavy atom. The van der Waals surface area contributed by atoms with Gasteiger partial charge in [-0.15, -0.1) is 0 Å². The highest BCUT2D eigenvalue weighted by Crippen LogP contribution is 2.28. The molecule has 4 nitrogen and oxygen atoms in total. The van der Waals surface area contributed by atoms with Crippen molar-refractivity contribution in [3.63, 3.8) is 0 Å². The maximum absolute atomic E-state index is 13.8. The lowest BCUT2D eigenvalue weighted by atomic mass is 10.3. The van der Waals surface area contributed by atoms with Crippen molar-refractivity contribution in [2.24, 2.45) is 0 Å². The summed E-state index contributed by atoms with van der Waals surface area (Å²) in [5, 5.41) is 3.05. The van der Waals surface area contributed by atoms with E-state index in [1.165, 1.54) is 6.07 Å². The molecule has 0 aliphatic carbocycles. The average molecular weight is 342 g/mol. The van der Waals surface area contributed by atoms with E-state index in [-0.39, 0.29) is 5.82 Å². The Morgan fingerprint density at radius 3 is 2.95 bits per heavy atom. The zero-order chi connectivity index (χ0) is 14.5. The number of imidazole rings is 1. The van der Waals surface area contributed by atoms with Crippen molar-refractivity contribution in [3.05, 3.63) is 40.4 Å². The first kappa shape index (κ1) is 15.0. The van der Waals surface area contributed by atoms with Gasteiger partial charge < -0.3 is 14.6 Å². The van der Waals surface area contributed by atoms with Crippen LogP contribution in [0.15, 0.2) is 28.9 Å². The van der Waals surface area contributed by atoms with Gasteiger partial charge in [0.2, 0.25) is 5.95 Å². The minimum atomic E-state index is -0.316. The van der Waals surface area contributed by atoms with E-state index < -0.39 is 0 Å². The highest BCUT2D eigenvalue weighted by atomic mass is 79.9. The molecule has 1 N–H and O–H groups in total. The molecular weight excluding hydrogens is 325 g/mol. The number of nitrogens with one attached hydrogen (secondary N) is 1. The standard InChI is InChI=1S/C14H17BrFN3O/c1-10-9-19(7-4-8-20-2)14(17-10)18-13-11(15)5-3-6-12(13)16/h3,5-6,9H,4,7-8H2,1-2H3,(H,17,18). The van der Waals surface area contributed by atoms with Gasteiger partial charge in [-0.25, -0.2) is 9.37 Å². The number of para-hydroxylation sites is 1. The molecule has 108 valence electrons. The summed E-state index contributed by atoms with van der Waals surface area (Å²) < 4.78 is 21.5. The molecule has 1 aromatic heterocycles. The smallest absolute Gasteiger partial charge is 0.207 e. The maximum Gasteiger partial charge on any atom is 0.207 e. The Labute approximate surface area is 126 Å². The van der Waals surface area contributed by atoms with Crippen LogP contribution in [0.25, 0.3) is 0 Å². The van der Waals surface area contributed by atoms with Gasteiger partial charge in [-0.3, -0.25) is 0 Å². The van der Waals surface area contributed by atoms with Gasteiger partial charge in [0.05, 0.1) is 11.4 Å². The van der Waals surface area contributed by atoms with Crippen molar-refractivity contribution in [1.29, 1.82) is 0 Å². The minimum absolute atomic E-state index is 0.316. The summed E-state index contributed by atoms with van der Waals surface area (Å²) in [5.41, 5.74) is 1.28. The molecule has 0 aliphatic rings. The average Bonchev–Trinajstić information content (AvgIpc) is 2.75. The molecule has 0 fully saturated rings. The van der Waals surface area contributed by atoms with Crippen LogP contribution in [0.2, 0.25) is 0 Å². The molecule has 0 radical (unpaired) electrons. The first-order valence-electron chi connectivity index (χ1n) is 6.35. The van der Waals surface area contributed by atoms with E-state index in [2.05, 4.69) is 26.2 Å². The number of nitrogens with zero attached hydrogens (tertiary/aromatic N) is 2. The van der Waals surface area contributed by atoms with E-state index in [4.69, 9.17) is 4.74 Å². The summed E-state index contributed by atoms with van der Waals surface area (Å²) in [4.78, 5) is 4.39. The van der Waals surface area contributed by atoms with Gasteiger partial charge in [0.15, 0.2) is 0 Å². The summed E-state index contributed by atoms with van der Waals surface area (Å²) in [7, 11) is 1.68. The van der Waals surface area contributed by atoms with Crippen molar-refractivity contribution in [1.82, 2.24) is 9.55 Å². The molecular formula is C14H17BrFN3O. The number of ether oxygens (including phenoxy) is 1. The second-order valence-corrected chi connectivity index (χ2v) is 5.32. The Hall–Kier alpha value is -1.40. The van der Waals surface area contributed by atoms with Gasteiger partial charge in [-0.05, 0) is 41.4 Å². The van der Waals surface area contributed by atoms with Gasteiger partial charge in [-0.2, -0.15) is 0 Å². The summed E-state index contributed by atoms with van der Waals surface area (Å²) >= 11 is 3.34. The van der Waals surface area contributed by atoms with Crippen LogP contribution in [0.5, 0.6) is 0 Å². The van der Waals surface area contributed by atoms with Crippen LogP contribution in [-0.4, -0.2) is 23.3 Å². The minimum Gasteiger partial charge on any atom is -0.385 e. The quantitative estimate of drug-likeness (QED) is 0.810. The number of hydrogen-bond acceptors (Lipinski definition) is 3. The molecule has 2 aromatic rings. The fraction of sp³-hybridized carbons (Fsp3) is 0.357. The number of halogens is 2. The number of methoxy groups -OCH3 is 1. The zero-order valence-electron chi connectivity index (χ0n) is 11.5. The van der Waals surface area contributed by atoms with Crippen LogP contribution >= 0.6 is 15.9 Å². The summed E-state index contributed by atoms with van der Waals surface area (Å²) in [6, 6.07) is 4.86. The molecule has 0 unspecified atom stereocenters. The predicted molar refractivity (Wildman–Crippen MR) is 80.8 cm³/mol. The van der Waals surface area contributed by atoms with E-state index >= 15 is 0 Å². The topological polar surface area (TPSA) is 39.1 Å². The van der Waals surface area contributed by atoms with Crippen LogP contribution in [0.3, 0.4) is 0 Å². The number of rotatable bonds is 6. The predicted octanol–water partition coefficient (Wildman–Crippen LogP) is 3.87. The van der Waals surface area contributed by atoms with E-state index in [0.717, 1.165) is 18.7 Å². The van der Waals surface area contributed by atoms with Crippen molar-refractivity contribution >= 4 is 27.6 Å². The van der Waals surface area contributed by atoms with Crippen LogP contribution in [0.4, 0.5) is 16.0 Å². The normalized spacial score (nSPS) is 10.8. The molecule has 0 saturated heterocycles. The Kier molecular flexibility index (Phi) is 5.14. The molecule has 0 saturated carbocycles. The van der Waals surface area contributed by atoms with E-state index in [1.807, 2.05) is 17.7 Å². The first-order valence-corrected chi connectivity index (χ1v) is 7.15. The third-order valence-electron chi connectivity index (χ3n) is 2.84. The summed E-state index contributed by atoms with van der Waals surface area (Å²) in [6.45, 7) is 3.36. The first-order chi connectivity index (χ1) is 9.61. The van der Waals surface area contributed by atoms with Crippen molar-refractivity contribution in [2.45, 2.75) is 19.9 Å². The van der Waals surface area contributed by atoms with Gasteiger partial charge in [-0.1, -0.05) is 6.07 Å². The van der Waals surface area contributed by atoms with Crippen LogP contribution in [-0.2, 0) is 11.3 Å². The Balaban J connectivity index is 2.20. The molecule has 0 bridgehead atoms. The monoisotopic (exact) mass is 341 g/mol. The number of aryl methyl sites for hydroxylation is 2. The van der Waals surface area contributed by atoms with Crippen molar-refractivity contribution < 1.29 is 9.13 Å². The van der Waals surface area contributed by atoms with Crippen molar-refractivity contribution in [2.75, 3.05) is 19.0 Å². The van der Waals surface area contributed by atoms with Crippen LogP contribution < -0.4 is 5.32 Å². The highest BCUT2D eigenvalue weighted by Gasteiger charge is 2.11. The third kappa shape index (κ3) is 3.58. The van der Waals surface area contributed by atoms with Gasteiger partial charge in [0, 0.05) is 30.9 Å². The zero-order valence-corrected chi connectivity index (χ0v) is 13.1. The number of aromatic nitrogens is 2. The lowest BCUT2D eigenvalue weighted by Gasteiger charge is -2.11. The molecule has 2 rings (SSSR count). The van der Waals surface area contributed by atoms with Gasteiger partial charge in [0.1, 0.15) is 5.82 Å². The molecule has 0 spiro atoms. The highest BCUT2D eigenvalue weighted by molar-refractivity contribution is 9.10. The Bertz CT molecular complexity index is 566. The molecule has 1 heterocycles. The largest absolute Gasteiger partial charge is 0.385 e. The van der Waals surface area contributed by atoms with Crippen LogP contribution in [0.1, 0.15) is 12.1 Å².